The Kier molecular flexibility index (Phi) is 10.9. The van der Waals surface area contributed by atoms with Gasteiger partial charge in [0, 0.05) is 49.2 Å². The van der Waals surface area contributed by atoms with Gasteiger partial charge in [0.2, 0.25) is 0 Å². The molecule has 6 rings (SSSR count). The molecule has 3 aromatic carbocycles. The van der Waals surface area contributed by atoms with Gasteiger partial charge in [0.05, 0.1) is 16.6 Å². The van der Waals surface area contributed by atoms with Crippen LogP contribution in [0.15, 0.2) is 85.2 Å². The molecule has 0 atom stereocenters. The van der Waals surface area contributed by atoms with Gasteiger partial charge < -0.3 is 19.3 Å². The van der Waals surface area contributed by atoms with E-state index in [-0.39, 0.29) is 42.9 Å². The Morgan fingerprint density at radius 1 is 0.911 bits per heavy atom. The van der Waals surface area contributed by atoms with E-state index in [1.165, 1.54) is 19.3 Å². The van der Waals surface area contributed by atoms with Gasteiger partial charge in [-0.25, -0.2) is 9.78 Å². The quantitative estimate of drug-likeness (QED) is 0.183. The number of ether oxygens (including phenoxy) is 1. The molecule has 0 saturated heterocycles. The van der Waals surface area contributed by atoms with Crippen molar-refractivity contribution in [3.8, 4) is 28.3 Å². The van der Waals surface area contributed by atoms with Crippen LogP contribution in [0.3, 0.4) is 0 Å². The fourth-order valence-corrected chi connectivity index (χ4v) is 5.91. The minimum Gasteiger partial charge on any atom is -0.489 e. The van der Waals surface area contributed by atoms with Crippen LogP contribution in [-0.4, -0.2) is 50.5 Å². The molecule has 2 aromatic heterocycles. The molecular weight excluding hydrogens is 611 g/mol. The number of hydrogen-bond acceptors (Lipinski definition) is 5. The number of carbonyl (C=O) groups is 2. The lowest BCUT2D eigenvalue weighted by Gasteiger charge is -2.25. The summed E-state index contributed by atoms with van der Waals surface area (Å²) in [6, 6.07) is 22.9. The number of imidazole rings is 1. The smallest absolute Gasteiger partial charge is 0.335 e. The summed E-state index contributed by atoms with van der Waals surface area (Å²) in [5.74, 6) is 0.503. The molecule has 1 amide bonds. The van der Waals surface area contributed by atoms with E-state index in [9.17, 15) is 14.7 Å². The van der Waals surface area contributed by atoms with Crippen molar-refractivity contribution in [1.82, 2.24) is 19.4 Å². The van der Waals surface area contributed by atoms with E-state index >= 15 is 0 Å². The number of amides is 1. The first-order chi connectivity index (χ1) is 20.9. The number of carboxylic acid groups (broad SMARTS) is 1. The molecule has 1 aliphatic rings. The van der Waals surface area contributed by atoms with Crippen LogP contribution in [-0.2, 0) is 6.61 Å². The van der Waals surface area contributed by atoms with Crippen molar-refractivity contribution in [3.05, 3.63) is 102 Å². The molecule has 1 N–H and O–H groups in total. The first-order valence-corrected chi connectivity index (χ1v) is 14.6. The number of aromatic carboxylic acids is 1. The maximum absolute atomic E-state index is 12.7. The third-order valence-electron chi connectivity index (χ3n) is 8.11. The second-order valence-electron chi connectivity index (χ2n) is 11.2. The van der Waals surface area contributed by atoms with Crippen molar-refractivity contribution < 1.29 is 19.4 Å². The second kappa shape index (κ2) is 14.6. The Morgan fingerprint density at radius 2 is 1.64 bits per heavy atom. The van der Waals surface area contributed by atoms with Crippen LogP contribution in [0.5, 0.6) is 5.75 Å². The first-order valence-electron chi connectivity index (χ1n) is 14.6. The zero-order valence-electron chi connectivity index (χ0n) is 25.2. The van der Waals surface area contributed by atoms with Gasteiger partial charge in [0.15, 0.2) is 0 Å². The maximum Gasteiger partial charge on any atom is 0.335 e. The third kappa shape index (κ3) is 7.13. The van der Waals surface area contributed by atoms with Gasteiger partial charge in [-0.05, 0) is 84.6 Å². The third-order valence-corrected chi connectivity index (χ3v) is 8.11. The minimum absolute atomic E-state index is 0. The number of benzene rings is 3. The van der Waals surface area contributed by atoms with Crippen molar-refractivity contribution in [2.24, 2.45) is 0 Å². The standard InChI is InChI=1S/C35H34N4O4.2ClH/c1-38(2)34(40)24-12-16-30(26-7-6-18-36-21-26)27(19-24)22-43-29-14-10-23(11-15-29)33-37-31-20-25(35(41)42)13-17-32(31)39(33)28-8-4-3-5-9-28;;/h6-7,10-21,28H,3-5,8-9,22H2,1-2H3,(H,41,42);2*1H. The van der Waals surface area contributed by atoms with Gasteiger partial charge in [-0.3, -0.25) is 9.78 Å². The Morgan fingerprint density at radius 3 is 2.31 bits per heavy atom. The summed E-state index contributed by atoms with van der Waals surface area (Å²) >= 11 is 0. The molecule has 234 valence electrons. The highest BCUT2D eigenvalue weighted by Gasteiger charge is 2.23. The van der Waals surface area contributed by atoms with Crippen LogP contribution in [0.2, 0.25) is 0 Å². The molecular formula is C35H36Cl2N4O4. The SMILES string of the molecule is CN(C)C(=O)c1ccc(-c2cccnc2)c(COc2ccc(-c3nc4cc(C(=O)O)ccc4n3C3CCCCC3)cc2)c1.Cl.Cl. The number of carboxylic acids is 1. The summed E-state index contributed by atoms with van der Waals surface area (Å²) in [6.45, 7) is 0.274. The molecule has 5 aromatic rings. The lowest BCUT2D eigenvalue weighted by atomic mass is 9.95. The van der Waals surface area contributed by atoms with Crippen LogP contribution in [0, 0.1) is 0 Å². The fraction of sp³-hybridized carbons (Fsp3) is 0.257. The topological polar surface area (TPSA) is 97.6 Å². The van der Waals surface area contributed by atoms with Gasteiger partial charge in [-0.15, -0.1) is 24.8 Å². The zero-order chi connectivity index (χ0) is 29.9. The second-order valence-corrected chi connectivity index (χ2v) is 11.2. The van der Waals surface area contributed by atoms with Gasteiger partial charge in [-0.1, -0.05) is 31.4 Å². The summed E-state index contributed by atoms with van der Waals surface area (Å²) in [5, 5.41) is 9.53. The summed E-state index contributed by atoms with van der Waals surface area (Å²) in [5.41, 5.74) is 6.23. The van der Waals surface area contributed by atoms with Gasteiger partial charge in [-0.2, -0.15) is 0 Å². The number of carbonyl (C=O) groups excluding carboxylic acids is 1. The van der Waals surface area contributed by atoms with E-state index < -0.39 is 5.97 Å². The van der Waals surface area contributed by atoms with E-state index in [2.05, 4.69) is 9.55 Å². The zero-order valence-corrected chi connectivity index (χ0v) is 26.8. The molecule has 1 fully saturated rings. The van der Waals surface area contributed by atoms with Crippen LogP contribution in [0.25, 0.3) is 33.5 Å². The summed E-state index contributed by atoms with van der Waals surface area (Å²) < 4.78 is 8.55. The molecule has 0 unspecified atom stereocenters. The molecule has 0 bridgehead atoms. The largest absolute Gasteiger partial charge is 0.489 e. The number of rotatable bonds is 8. The van der Waals surface area contributed by atoms with Crippen molar-refractivity contribution in [3.63, 3.8) is 0 Å². The highest BCUT2D eigenvalue weighted by atomic mass is 35.5. The number of hydrogen-bond donors (Lipinski definition) is 1. The Hall–Kier alpha value is -4.40. The van der Waals surface area contributed by atoms with E-state index in [0.717, 1.165) is 46.4 Å². The lowest BCUT2D eigenvalue weighted by Crippen LogP contribution is -2.21. The highest BCUT2D eigenvalue weighted by Crippen LogP contribution is 2.37. The Labute approximate surface area is 274 Å². The predicted octanol–water partition coefficient (Wildman–Crippen LogP) is 8.09. The van der Waals surface area contributed by atoms with Crippen LogP contribution in [0.1, 0.15) is 64.4 Å². The number of halogens is 2. The average Bonchev–Trinajstić information content (AvgIpc) is 3.43. The van der Waals surface area contributed by atoms with Gasteiger partial charge in [0.1, 0.15) is 18.2 Å². The maximum atomic E-state index is 12.7. The van der Waals surface area contributed by atoms with Gasteiger partial charge in [0.25, 0.3) is 5.91 Å². The molecule has 0 spiro atoms. The molecule has 10 heteroatoms. The first kappa shape index (κ1) is 33.5. The molecule has 0 radical (unpaired) electrons. The van der Waals surface area contributed by atoms with E-state index in [4.69, 9.17) is 9.72 Å². The van der Waals surface area contributed by atoms with Crippen molar-refractivity contribution in [2.75, 3.05) is 14.1 Å². The van der Waals surface area contributed by atoms with Crippen LogP contribution < -0.4 is 4.74 Å². The summed E-state index contributed by atoms with van der Waals surface area (Å²) in [4.78, 5) is 35.1. The van der Waals surface area contributed by atoms with Crippen LogP contribution in [0.4, 0.5) is 0 Å². The Bertz CT molecular complexity index is 1780. The molecule has 0 aliphatic heterocycles. The highest BCUT2D eigenvalue weighted by molar-refractivity contribution is 5.95. The lowest BCUT2D eigenvalue weighted by molar-refractivity contribution is 0.0696. The molecule has 8 nitrogen and oxygen atoms in total. The normalized spacial score (nSPS) is 13.0. The minimum atomic E-state index is -0.958. The van der Waals surface area contributed by atoms with E-state index in [0.29, 0.717) is 22.9 Å². The van der Waals surface area contributed by atoms with Crippen molar-refractivity contribution in [2.45, 2.75) is 44.8 Å². The number of nitrogens with zero attached hydrogens (tertiary/aromatic N) is 4. The van der Waals surface area contributed by atoms with E-state index in [1.807, 2.05) is 60.7 Å². The molecule has 1 saturated carbocycles. The molecule has 45 heavy (non-hydrogen) atoms. The monoisotopic (exact) mass is 646 g/mol. The number of pyridine rings is 1. The number of fused-ring (bicyclic) bond motifs is 1. The Balaban J connectivity index is 0.00000230. The van der Waals surface area contributed by atoms with Gasteiger partial charge >= 0.3 is 5.97 Å². The van der Waals surface area contributed by atoms with Crippen molar-refractivity contribution >= 4 is 47.7 Å². The molecule has 2 heterocycles. The number of aromatic nitrogens is 3. The predicted molar refractivity (Wildman–Crippen MR) is 181 cm³/mol. The summed E-state index contributed by atoms with van der Waals surface area (Å²) in [7, 11) is 3.48. The molecule has 1 aliphatic carbocycles. The van der Waals surface area contributed by atoms with Crippen LogP contribution >= 0.6 is 24.8 Å². The van der Waals surface area contributed by atoms with E-state index in [1.54, 1.807) is 43.5 Å². The fourth-order valence-electron chi connectivity index (χ4n) is 5.91. The summed E-state index contributed by atoms with van der Waals surface area (Å²) in [6.07, 6.45) is 9.28. The average molecular weight is 648 g/mol. The van der Waals surface area contributed by atoms with Crippen molar-refractivity contribution in [1.29, 1.82) is 0 Å².